The first kappa shape index (κ1) is 15.3. The molecule has 0 aromatic carbocycles. The maximum Gasteiger partial charge on any atom is 0.332 e. The number of carbonyl (C=O) groups excluding carboxylic acids is 1. The number of esters is 1. The molecule has 0 spiro atoms. The molecular formula is C11H22O5. The quantitative estimate of drug-likeness (QED) is 0.394. The Hall–Kier alpha value is -0.650. The van der Waals surface area contributed by atoms with Crippen LogP contribution >= 0.6 is 0 Å². The molecule has 0 saturated carbocycles. The van der Waals surface area contributed by atoms with E-state index in [9.17, 15) is 4.79 Å². The molecule has 0 fully saturated rings. The number of hydrogen-bond donors (Lipinski definition) is 0. The van der Waals surface area contributed by atoms with Crippen LogP contribution in [0.5, 0.6) is 0 Å². The van der Waals surface area contributed by atoms with Crippen LogP contribution in [0, 0.1) is 0 Å². The SMILES string of the molecule is CCCCOC(=O)COCCOCCOC. The first-order chi connectivity index (χ1) is 7.81. The van der Waals surface area contributed by atoms with Crippen molar-refractivity contribution in [1.29, 1.82) is 0 Å². The third kappa shape index (κ3) is 11.4. The Balaban J connectivity index is 3.09. The van der Waals surface area contributed by atoms with Crippen molar-refractivity contribution in [2.45, 2.75) is 19.8 Å². The van der Waals surface area contributed by atoms with Gasteiger partial charge in [-0.15, -0.1) is 0 Å². The van der Waals surface area contributed by atoms with Gasteiger partial charge in [-0.1, -0.05) is 13.3 Å². The Morgan fingerprint density at radius 1 is 1.00 bits per heavy atom. The minimum absolute atomic E-state index is 0.00263. The average molecular weight is 234 g/mol. The fourth-order valence-corrected chi connectivity index (χ4v) is 0.890. The van der Waals surface area contributed by atoms with E-state index in [4.69, 9.17) is 18.9 Å². The van der Waals surface area contributed by atoms with Gasteiger partial charge in [-0.25, -0.2) is 4.79 Å². The normalized spacial score (nSPS) is 10.4. The van der Waals surface area contributed by atoms with Gasteiger partial charge in [0.25, 0.3) is 0 Å². The zero-order chi connectivity index (χ0) is 12.1. The van der Waals surface area contributed by atoms with Crippen LogP contribution in [-0.2, 0) is 23.7 Å². The van der Waals surface area contributed by atoms with E-state index in [0.717, 1.165) is 12.8 Å². The summed E-state index contributed by atoms with van der Waals surface area (Å²) in [5.41, 5.74) is 0. The van der Waals surface area contributed by atoms with Crippen molar-refractivity contribution >= 4 is 5.97 Å². The predicted octanol–water partition coefficient (Wildman–Crippen LogP) is 1.01. The van der Waals surface area contributed by atoms with E-state index in [1.165, 1.54) is 0 Å². The second-order valence-corrected chi connectivity index (χ2v) is 3.23. The van der Waals surface area contributed by atoms with E-state index < -0.39 is 0 Å². The van der Waals surface area contributed by atoms with Crippen LogP contribution in [0.25, 0.3) is 0 Å². The minimum atomic E-state index is -0.314. The van der Waals surface area contributed by atoms with Crippen molar-refractivity contribution in [1.82, 2.24) is 0 Å². The molecule has 0 aliphatic carbocycles. The fraction of sp³-hybridized carbons (Fsp3) is 0.909. The average Bonchev–Trinajstić information content (AvgIpc) is 2.28. The summed E-state index contributed by atoms with van der Waals surface area (Å²) in [4.78, 5) is 11.0. The van der Waals surface area contributed by atoms with Crippen molar-refractivity contribution in [2.75, 3.05) is 46.8 Å². The molecule has 0 aliphatic heterocycles. The third-order valence-electron chi connectivity index (χ3n) is 1.78. The van der Waals surface area contributed by atoms with Crippen LogP contribution in [0.3, 0.4) is 0 Å². The highest BCUT2D eigenvalue weighted by molar-refractivity contribution is 5.70. The topological polar surface area (TPSA) is 54.0 Å². The van der Waals surface area contributed by atoms with Crippen molar-refractivity contribution in [3.05, 3.63) is 0 Å². The van der Waals surface area contributed by atoms with Crippen LogP contribution in [-0.4, -0.2) is 52.7 Å². The predicted molar refractivity (Wildman–Crippen MR) is 59.4 cm³/mol. The summed E-state index contributed by atoms with van der Waals surface area (Å²) in [5, 5.41) is 0. The van der Waals surface area contributed by atoms with E-state index in [2.05, 4.69) is 0 Å². The van der Waals surface area contributed by atoms with Crippen LogP contribution < -0.4 is 0 Å². The number of hydrogen-bond acceptors (Lipinski definition) is 5. The van der Waals surface area contributed by atoms with Crippen LogP contribution in [0.1, 0.15) is 19.8 Å². The summed E-state index contributed by atoms with van der Waals surface area (Å²) in [6.45, 7) is 4.49. The molecule has 0 unspecified atom stereocenters. The Morgan fingerprint density at radius 2 is 1.69 bits per heavy atom. The van der Waals surface area contributed by atoms with Gasteiger partial charge in [-0.2, -0.15) is 0 Å². The summed E-state index contributed by atoms with van der Waals surface area (Å²) in [5.74, 6) is -0.314. The number of ether oxygens (including phenoxy) is 4. The van der Waals surface area contributed by atoms with Crippen LogP contribution in [0.4, 0.5) is 0 Å². The van der Waals surface area contributed by atoms with Crippen LogP contribution in [0.2, 0.25) is 0 Å². The fourth-order valence-electron chi connectivity index (χ4n) is 0.890. The highest BCUT2D eigenvalue weighted by Gasteiger charge is 2.01. The lowest BCUT2D eigenvalue weighted by atomic mass is 10.4. The Labute approximate surface area is 97.0 Å². The van der Waals surface area contributed by atoms with Gasteiger partial charge >= 0.3 is 5.97 Å². The molecule has 96 valence electrons. The molecule has 0 bridgehead atoms. The molecule has 0 heterocycles. The second-order valence-electron chi connectivity index (χ2n) is 3.23. The molecule has 5 heteroatoms. The molecule has 0 amide bonds. The van der Waals surface area contributed by atoms with Gasteiger partial charge in [0.2, 0.25) is 0 Å². The van der Waals surface area contributed by atoms with Gasteiger partial charge in [0.15, 0.2) is 0 Å². The van der Waals surface area contributed by atoms with E-state index in [-0.39, 0.29) is 12.6 Å². The smallest absolute Gasteiger partial charge is 0.332 e. The molecule has 0 radical (unpaired) electrons. The van der Waals surface area contributed by atoms with Crippen LogP contribution in [0.15, 0.2) is 0 Å². The lowest BCUT2D eigenvalue weighted by molar-refractivity contribution is -0.149. The second kappa shape index (κ2) is 12.4. The highest BCUT2D eigenvalue weighted by atomic mass is 16.6. The van der Waals surface area contributed by atoms with E-state index in [1.54, 1.807) is 7.11 Å². The number of rotatable bonds is 11. The lowest BCUT2D eigenvalue weighted by Crippen LogP contribution is -2.16. The molecule has 0 aliphatic rings. The van der Waals surface area contributed by atoms with Gasteiger partial charge in [0.1, 0.15) is 6.61 Å². The van der Waals surface area contributed by atoms with Gasteiger partial charge in [-0.05, 0) is 6.42 Å². The molecule has 0 atom stereocenters. The van der Waals surface area contributed by atoms with Gasteiger partial charge in [0.05, 0.1) is 33.0 Å². The summed E-state index contributed by atoms with van der Waals surface area (Å²) in [7, 11) is 1.62. The number of methoxy groups -OCH3 is 1. The lowest BCUT2D eigenvalue weighted by Gasteiger charge is -2.06. The molecule has 0 N–H and O–H groups in total. The summed E-state index contributed by atoms with van der Waals surface area (Å²) >= 11 is 0. The molecule has 5 nitrogen and oxygen atoms in total. The Kier molecular flexibility index (Phi) is 11.9. The maximum atomic E-state index is 11.0. The van der Waals surface area contributed by atoms with Gasteiger partial charge in [-0.3, -0.25) is 0 Å². The molecule has 16 heavy (non-hydrogen) atoms. The van der Waals surface area contributed by atoms with Crippen molar-refractivity contribution in [3.63, 3.8) is 0 Å². The minimum Gasteiger partial charge on any atom is -0.464 e. The van der Waals surface area contributed by atoms with Crippen molar-refractivity contribution < 1.29 is 23.7 Å². The van der Waals surface area contributed by atoms with Crippen molar-refractivity contribution in [2.24, 2.45) is 0 Å². The van der Waals surface area contributed by atoms with E-state index in [1.807, 2.05) is 6.92 Å². The zero-order valence-corrected chi connectivity index (χ0v) is 10.2. The number of unbranched alkanes of at least 4 members (excludes halogenated alkanes) is 1. The zero-order valence-electron chi connectivity index (χ0n) is 10.2. The molecule has 0 saturated heterocycles. The largest absolute Gasteiger partial charge is 0.464 e. The van der Waals surface area contributed by atoms with E-state index in [0.29, 0.717) is 33.0 Å². The first-order valence-electron chi connectivity index (χ1n) is 5.61. The molecule has 0 aromatic heterocycles. The summed E-state index contributed by atoms with van der Waals surface area (Å²) in [6.07, 6.45) is 1.91. The monoisotopic (exact) mass is 234 g/mol. The van der Waals surface area contributed by atoms with Gasteiger partial charge < -0.3 is 18.9 Å². The van der Waals surface area contributed by atoms with Gasteiger partial charge in [0, 0.05) is 7.11 Å². The highest BCUT2D eigenvalue weighted by Crippen LogP contribution is 1.89. The summed E-state index contributed by atoms with van der Waals surface area (Å²) < 4.78 is 19.9. The first-order valence-corrected chi connectivity index (χ1v) is 5.61. The maximum absolute atomic E-state index is 11.0. The standard InChI is InChI=1S/C11H22O5/c1-3-4-5-16-11(12)10-15-9-8-14-7-6-13-2/h3-10H2,1-2H3. The molecule has 0 aromatic rings. The molecular weight excluding hydrogens is 212 g/mol. The molecule has 0 rings (SSSR count). The number of carbonyl (C=O) groups is 1. The summed E-state index contributed by atoms with van der Waals surface area (Å²) in [6, 6.07) is 0. The van der Waals surface area contributed by atoms with Crippen molar-refractivity contribution in [3.8, 4) is 0 Å². The van der Waals surface area contributed by atoms with E-state index >= 15 is 0 Å². The Morgan fingerprint density at radius 3 is 2.38 bits per heavy atom. The Bertz CT molecular complexity index is 160. The third-order valence-corrected chi connectivity index (χ3v) is 1.78.